The third-order valence-electron chi connectivity index (χ3n) is 3.54. The van der Waals surface area contributed by atoms with E-state index in [-0.39, 0.29) is 22.5 Å². The van der Waals surface area contributed by atoms with Gasteiger partial charge in [-0.15, -0.1) is 0 Å². The van der Waals surface area contributed by atoms with E-state index in [2.05, 4.69) is 5.32 Å². The van der Waals surface area contributed by atoms with Gasteiger partial charge in [-0.2, -0.15) is 4.31 Å². The minimum absolute atomic E-state index is 0.0600. The van der Waals surface area contributed by atoms with Gasteiger partial charge in [-0.25, -0.2) is 12.8 Å². The van der Waals surface area contributed by atoms with E-state index < -0.39 is 15.8 Å². The number of hydrogen-bond acceptors (Lipinski definition) is 4. The zero-order valence-corrected chi connectivity index (χ0v) is 13.5. The molecule has 0 spiro atoms. The van der Waals surface area contributed by atoms with Crippen LogP contribution >= 0.6 is 11.6 Å². The Bertz CT molecular complexity index is 618. The lowest BCUT2D eigenvalue weighted by molar-refractivity contribution is 0.181. The molecule has 0 amide bonds. The molecule has 0 bridgehead atoms. The van der Waals surface area contributed by atoms with Crippen molar-refractivity contribution in [2.45, 2.75) is 23.9 Å². The summed E-state index contributed by atoms with van der Waals surface area (Å²) in [5.41, 5.74) is 0.411. The minimum Gasteiger partial charge on any atom is -0.380 e. The van der Waals surface area contributed by atoms with Crippen LogP contribution < -0.4 is 5.32 Å². The molecule has 0 radical (unpaired) electrons. The summed E-state index contributed by atoms with van der Waals surface area (Å²) in [6.07, 6.45) is 0.634. The largest absolute Gasteiger partial charge is 0.380 e. The van der Waals surface area contributed by atoms with Crippen molar-refractivity contribution in [3.8, 4) is 0 Å². The first-order chi connectivity index (χ1) is 9.87. The molecule has 1 aromatic rings. The first kappa shape index (κ1) is 16.6. The van der Waals surface area contributed by atoms with Crippen molar-refractivity contribution in [3.05, 3.63) is 28.5 Å². The van der Waals surface area contributed by atoms with Crippen molar-refractivity contribution in [3.63, 3.8) is 0 Å². The monoisotopic (exact) mass is 336 g/mol. The second kappa shape index (κ2) is 6.58. The molecule has 1 unspecified atom stereocenters. The van der Waals surface area contributed by atoms with E-state index in [4.69, 9.17) is 16.3 Å². The fourth-order valence-electron chi connectivity index (χ4n) is 2.26. The van der Waals surface area contributed by atoms with Gasteiger partial charge in [0.1, 0.15) is 5.82 Å². The van der Waals surface area contributed by atoms with Gasteiger partial charge in [0, 0.05) is 20.2 Å². The molecular weight excluding hydrogens is 319 g/mol. The van der Waals surface area contributed by atoms with Gasteiger partial charge in [-0.1, -0.05) is 11.6 Å². The number of rotatable bonds is 5. The first-order valence-corrected chi connectivity index (χ1v) is 8.38. The Morgan fingerprint density at radius 3 is 2.81 bits per heavy atom. The Hall–Kier alpha value is -0.730. The molecule has 1 N–H and O–H groups in total. The molecule has 118 valence electrons. The van der Waals surface area contributed by atoms with E-state index in [1.807, 2.05) is 0 Å². The molecule has 5 nitrogen and oxygen atoms in total. The highest BCUT2D eigenvalue weighted by Crippen LogP contribution is 2.27. The van der Waals surface area contributed by atoms with Crippen LogP contribution in [0, 0.1) is 5.82 Å². The number of nitrogens with zero attached hydrogens (tertiary/aromatic N) is 1. The quantitative estimate of drug-likeness (QED) is 0.887. The second-order valence-electron chi connectivity index (χ2n) is 4.95. The van der Waals surface area contributed by atoms with Gasteiger partial charge in [0.15, 0.2) is 0 Å². The number of sulfonamides is 1. The van der Waals surface area contributed by atoms with Gasteiger partial charge < -0.3 is 10.1 Å². The highest BCUT2D eigenvalue weighted by atomic mass is 35.5. The average molecular weight is 337 g/mol. The van der Waals surface area contributed by atoms with Gasteiger partial charge in [-0.3, -0.25) is 0 Å². The van der Waals surface area contributed by atoms with Crippen LogP contribution in [-0.2, 0) is 21.3 Å². The highest BCUT2D eigenvalue weighted by Gasteiger charge is 2.31. The normalized spacial score (nSPS) is 19.4. The Labute approximate surface area is 129 Å². The van der Waals surface area contributed by atoms with Gasteiger partial charge in [0.25, 0.3) is 0 Å². The number of likely N-dealkylation sites (N-methyl/N-ethyl adjacent to an activating group) is 1. The van der Waals surface area contributed by atoms with Crippen LogP contribution in [-0.4, -0.2) is 46.1 Å². The molecule has 8 heteroatoms. The lowest BCUT2D eigenvalue weighted by atomic mass is 10.2. The number of nitrogens with one attached hydrogen (secondary N) is 1. The van der Waals surface area contributed by atoms with Crippen molar-refractivity contribution in [2.75, 3.05) is 27.3 Å². The summed E-state index contributed by atoms with van der Waals surface area (Å²) in [5.74, 6) is -0.737. The standard InChI is InChI=1S/C13H18ClFN2O3S/c1-16-7-9-5-11(6-12(15)13(9)14)21(18,19)17(2)10-3-4-20-8-10/h5-6,10,16H,3-4,7-8H2,1-2H3. The van der Waals surface area contributed by atoms with E-state index >= 15 is 0 Å². The van der Waals surface area contributed by atoms with Crippen molar-refractivity contribution in [2.24, 2.45) is 0 Å². The maximum absolute atomic E-state index is 13.9. The Balaban J connectivity index is 2.39. The Morgan fingerprint density at radius 2 is 2.24 bits per heavy atom. The molecule has 1 saturated heterocycles. The Morgan fingerprint density at radius 1 is 1.52 bits per heavy atom. The van der Waals surface area contributed by atoms with Crippen LogP contribution in [0.2, 0.25) is 5.02 Å². The van der Waals surface area contributed by atoms with Crippen LogP contribution in [0.3, 0.4) is 0 Å². The zero-order valence-electron chi connectivity index (χ0n) is 11.9. The van der Waals surface area contributed by atoms with Gasteiger partial charge in [-0.05, 0) is 31.2 Å². The van der Waals surface area contributed by atoms with Crippen molar-refractivity contribution in [1.29, 1.82) is 0 Å². The van der Waals surface area contributed by atoms with Crippen LogP contribution in [0.4, 0.5) is 4.39 Å². The minimum atomic E-state index is -3.78. The summed E-state index contributed by atoms with van der Waals surface area (Å²) in [6.45, 7) is 1.18. The van der Waals surface area contributed by atoms with Gasteiger partial charge >= 0.3 is 0 Å². The predicted molar refractivity (Wildman–Crippen MR) is 78.3 cm³/mol. The topological polar surface area (TPSA) is 58.6 Å². The smallest absolute Gasteiger partial charge is 0.243 e. The van der Waals surface area contributed by atoms with Crippen LogP contribution in [0.25, 0.3) is 0 Å². The SMILES string of the molecule is CNCc1cc(S(=O)(=O)N(C)C2CCOC2)cc(F)c1Cl. The molecule has 1 fully saturated rings. The molecule has 1 aliphatic rings. The fourth-order valence-corrected chi connectivity index (χ4v) is 3.87. The third kappa shape index (κ3) is 3.37. The number of ether oxygens (including phenoxy) is 1. The molecule has 21 heavy (non-hydrogen) atoms. The third-order valence-corrected chi connectivity index (χ3v) is 5.85. The van der Waals surface area contributed by atoms with E-state index in [0.717, 1.165) is 6.07 Å². The predicted octanol–water partition coefficient (Wildman–Crippen LogP) is 1.61. The summed E-state index contributed by atoms with van der Waals surface area (Å²) in [5, 5.41) is 2.78. The maximum Gasteiger partial charge on any atom is 0.243 e. The number of halogens is 2. The van der Waals surface area contributed by atoms with Gasteiger partial charge in [0.05, 0.1) is 22.6 Å². The summed E-state index contributed by atoms with van der Waals surface area (Å²) in [7, 11) is -0.613. The summed E-state index contributed by atoms with van der Waals surface area (Å²) in [6, 6.07) is 2.15. The summed E-state index contributed by atoms with van der Waals surface area (Å²) >= 11 is 5.86. The van der Waals surface area contributed by atoms with E-state index in [1.54, 1.807) is 7.05 Å². The van der Waals surface area contributed by atoms with E-state index in [1.165, 1.54) is 17.4 Å². The van der Waals surface area contributed by atoms with Crippen LogP contribution in [0.15, 0.2) is 17.0 Å². The van der Waals surface area contributed by atoms with Crippen LogP contribution in [0.1, 0.15) is 12.0 Å². The molecular formula is C13H18ClFN2O3S. The van der Waals surface area contributed by atoms with Crippen molar-refractivity contribution in [1.82, 2.24) is 9.62 Å². The molecule has 1 aromatic carbocycles. The van der Waals surface area contributed by atoms with E-state index in [9.17, 15) is 12.8 Å². The molecule has 1 heterocycles. The van der Waals surface area contributed by atoms with Crippen molar-refractivity contribution >= 4 is 21.6 Å². The molecule has 0 aromatic heterocycles. The molecule has 0 aliphatic carbocycles. The number of benzene rings is 1. The summed E-state index contributed by atoms with van der Waals surface area (Å²) < 4.78 is 45.5. The summed E-state index contributed by atoms with van der Waals surface area (Å²) in [4.78, 5) is -0.0935. The van der Waals surface area contributed by atoms with Crippen LogP contribution in [0.5, 0.6) is 0 Å². The molecule has 1 atom stereocenters. The van der Waals surface area contributed by atoms with Crippen molar-refractivity contribution < 1.29 is 17.5 Å². The average Bonchev–Trinajstić information content (AvgIpc) is 2.96. The highest BCUT2D eigenvalue weighted by molar-refractivity contribution is 7.89. The Kier molecular flexibility index (Phi) is 5.21. The molecule has 0 saturated carbocycles. The van der Waals surface area contributed by atoms with Gasteiger partial charge in [0.2, 0.25) is 10.0 Å². The maximum atomic E-state index is 13.9. The number of hydrogen-bond donors (Lipinski definition) is 1. The molecule has 1 aliphatic heterocycles. The zero-order chi connectivity index (χ0) is 15.6. The fraction of sp³-hybridized carbons (Fsp3) is 0.538. The lowest BCUT2D eigenvalue weighted by Crippen LogP contribution is -2.37. The molecule has 2 rings (SSSR count). The first-order valence-electron chi connectivity index (χ1n) is 6.56. The second-order valence-corrected chi connectivity index (χ2v) is 7.32. The van der Waals surface area contributed by atoms with E-state index in [0.29, 0.717) is 25.2 Å². The lowest BCUT2D eigenvalue weighted by Gasteiger charge is -2.23.